The van der Waals surface area contributed by atoms with Crippen LogP contribution in [0.25, 0.3) is 0 Å². The first kappa shape index (κ1) is 21.1. The van der Waals surface area contributed by atoms with Crippen molar-refractivity contribution < 1.29 is 19.2 Å². The minimum atomic E-state index is -0.674. The maximum absolute atomic E-state index is 13.2. The number of hydrogen-bond acceptors (Lipinski definition) is 5. The summed E-state index contributed by atoms with van der Waals surface area (Å²) in [5.74, 6) is 0.727. The van der Waals surface area contributed by atoms with Crippen molar-refractivity contribution in [2.75, 3.05) is 12.0 Å². The molecule has 8 heteroatoms. The molecule has 2 aromatic rings. The van der Waals surface area contributed by atoms with E-state index in [9.17, 15) is 14.9 Å². The van der Waals surface area contributed by atoms with E-state index >= 15 is 0 Å². The van der Waals surface area contributed by atoms with Crippen LogP contribution >= 0.6 is 15.9 Å². The number of hydrogen-bond donors (Lipinski definition) is 0. The number of halogens is 1. The number of non-ortho nitro benzene ring substituents is 1. The van der Waals surface area contributed by atoms with Gasteiger partial charge in [0.25, 0.3) is 5.69 Å². The summed E-state index contributed by atoms with van der Waals surface area (Å²) in [6, 6.07) is 10.2. The summed E-state index contributed by atoms with van der Waals surface area (Å²) in [6.07, 6.45) is 0.728. The monoisotopic (exact) mass is 462 g/mol. The molecule has 0 bridgehead atoms. The lowest BCUT2D eigenvalue weighted by Crippen LogP contribution is -2.42. The second-order valence-electron chi connectivity index (χ2n) is 7.87. The fraction of sp³-hybridized carbons (Fsp3) is 0.381. The zero-order valence-corrected chi connectivity index (χ0v) is 18.4. The summed E-state index contributed by atoms with van der Waals surface area (Å²) in [6.45, 7) is 5.43. The Bertz CT molecular complexity index is 937. The van der Waals surface area contributed by atoms with Crippen LogP contribution in [0.4, 0.5) is 16.2 Å². The Morgan fingerprint density at radius 3 is 2.45 bits per heavy atom. The van der Waals surface area contributed by atoms with Crippen molar-refractivity contribution in [1.82, 2.24) is 0 Å². The molecule has 0 fully saturated rings. The molecule has 0 aliphatic carbocycles. The molecular formula is C21H23BrN2O5. The molecule has 1 amide bonds. The first-order valence-corrected chi connectivity index (χ1v) is 10.0. The van der Waals surface area contributed by atoms with Gasteiger partial charge in [-0.3, -0.25) is 15.0 Å². The number of aryl methyl sites for hydroxylation is 1. The lowest BCUT2D eigenvalue weighted by atomic mass is 9.91. The molecule has 1 aliphatic heterocycles. The number of amides is 1. The maximum Gasteiger partial charge on any atom is 0.415 e. The quantitative estimate of drug-likeness (QED) is 0.425. The smallest absolute Gasteiger partial charge is 0.415 e. The minimum absolute atomic E-state index is 0.0114. The third kappa shape index (κ3) is 4.53. The minimum Gasteiger partial charge on any atom is -0.497 e. The molecule has 154 valence electrons. The number of benzene rings is 2. The van der Waals surface area contributed by atoms with Crippen LogP contribution in [0.1, 0.15) is 44.4 Å². The third-order valence-electron chi connectivity index (χ3n) is 4.67. The zero-order valence-electron chi connectivity index (χ0n) is 16.8. The van der Waals surface area contributed by atoms with Gasteiger partial charge in [-0.1, -0.05) is 12.1 Å². The molecule has 1 aliphatic rings. The molecule has 7 nitrogen and oxygen atoms in total. The van der Waals surface area contributed by atoms with Gasteiger partial charge in [0, 0.05) is 16.6 Å². The normalized spacial score (nSPS) is 16.2. The molecule has 0 saturated heterocycles. The summed E-state index contributed by atoms with van der Waals surface area (Å²) in [7, 11) is 1.60. The number of carbonyl (C=O) groups excluding carboxylic acids is 1. The Balaban J connectivity index is 2.10. The lowest BCUT2D eigenvalue weighted by molar-refractivity contribution is -0.385. The Morgan fingerprint density at radius 2 is 1.90 bits per heavy atom. The van der Waals surface area contributed by atoms with Crippen LogP contribution in [0.2, 0.25) is 0 Å². The van der Waals surface area contributed by atoms with Gasteiger partial charge in [0.1, 0.15) is 11.4 Å². The van der Waals surface area contributed by atoms with Gasteiger partial charge in [-0.05, 0) is 72.8 Å². The topological polar surface area (TPSA) is 81.9 Å². The van der Waals surface area contributed by atoms with Crippen LogP contribution in [0.5, 0.6) is 5.75 Å². The lowest BCUT2D eigenvalue weighted by Gasteiger charge is -2.38. The van der Waals surface area contributed by atoms with Crippen LogP contribution in [-0.2, 0) is 11.2 Å². The molecule has 3 rings (SSSR count). The number of carbonyl (C=O) groups is 1. The molecule has 1 heterocycles. The van der Waals surface area contributed by atoms with Crippen LogP contribution in [0, 0.1) is 10.1 Å². The van der Waals surface area contributed by atoms with Crippen LogP contribution in [-0.4, -0.2) is 23.7 Å². The zero-order chi connectivity index (χ0) is 21.3. The highest BCUT2D eigenvalue weighted by Crippen LogP contribution is 2.45. The van der Waals surface area contributed by atoms with Crippen LogP contribution in [0.15, 0.2) is 40.9 Å². The van der Waals surface area contributed by atoms with E-state index in [-0.39, 0.29) is 11.7 Å². The molecule has 0 aromatic heterocycles. The highest BCUT2D eigenvalue weighted by atomic mass is 79.9. The van der Waals surface area contributed by atoms with E-state index in [1.165, 1.54) is 12.1 Å². The summed E-state index contributed by atoms with van der Waals surface area (Å²) in [5, 5.41) is 11.3. The van der Waals surface area contributed by atoms with Gasteiger partial charge in [-0.2, -0.15) is 0 Å². The molecular weight excluding hydrogens is 440 g/mol. The molecule has 1 atom stereocenters. The molecule has 0 saturated carbocycles. The Kier molecular flexibility index (Phi) is 5.84. The summed E-state index contributed by atoms with van der Waals surface area (Å²) >= 11 is 3.44. The summed E-state index contributed by atoms with van der Waals surface area (Å²) in [5.41, 5.74) is 1.60. The van der Waals surface area contributed by atoms with Gasteiger partial charge in [0.2, 0.25) is 0 Å². The van der Waals surface area contributed by atoms with Crippen molar-refractivity contribution in [3.63, 3.8) is 0 Å². The molecule has 29 heavy (non-hydrogen) atoms. The Morgan fingerprint density at radius 1 is 1.24 bits per heavy atom. The first-order valence-electron chi connectivity index (χ1n) is 9.23. The van der Waals surface area contributed by atoms with Crippen molar-refractivity contribution in [1.29, 1.82) is 0 Å². The fourth-order valence-corrected chi connectivity index (χ4v) is 4.13. The number of fused-ring (bicyclic) bond motifs is 1. The van der Waals surface area contributed by atoms with Gasteiger partial charge >= 0.3 is 6.09 Å². The SMILES string of the molecule is COc1ccc(C2CCc3cc([N+](=O)[O-])cc(Br)c3N2C(=O)OC(C)(C)C)cc1. The third-order valence-corrected chi connectivity index (χ3v) is 5.27. The van der Waals surface area contributed by atoms with Crippen molar-refractivity contribution in [2.45, 2.75) is 45.3 Å². The second-order valence-corrected chi connectivity index (χ2v) is 8.72. The molecule has 1 unspecified atom stereocenters. The Labute approximate surface area is 177 Å². The summed E-state index contributed by atoms with van der Waals surface area (Å²) < 4.78 is 11.4. The maximum atomic E-state index is 13.2. The number of nitro benzene ring substituents is 1. The highest BCUT2D eigenvalue weighted by molar-refractivity contribution is 9.10. The van der Waals surface area contributed by atoms with E-state index in [0.29, 0.717) is 23.0 Å². The van der Waals surface area contributed by atoms with Crippen molar-refractivity contribution >= 4 is 33.4 Å². The van der Waals surface area contributed by atoms with Gasteiger partial charge in [0.15, 0.2) is 0 Å². The van der Waals surface area contributed by atoms with Gasteiger partial charge in [-0.15, -0.1) is 0 Å². The molecule has 0 spiro atoms. The number of methoxy groups -OCH3 is 1. The van der Waals surface area contributed by atoms with E-state index in [2.05, 4.69) is 15.9 Å². The number of anilines is 1. The second kappa shape index (κ2) is 8.02. The van der Waals surface area contributed by atoms with E-state index in [1.54, 1.807) is 12.0 Å². The molecule has 2 aromatic carbocycles. The fourth-order valence-electron chi connectivity index (χ4n) is 3.45. The first-order chi connectivity index (χ1) is 13.6. The number of nitro groups is 1. The standard InChI is InChI=1S/C21H23BrN2O5/c1-21(2,3)29-20(25)23-18(13-5-8-16(28-4)9-6-13)10-7-14-11-15(24(26)27)12-17(22)19(14)23/h5-6,8-9,11-12,18H,7,10H2,1-4H3. The average molecular weight is 463 g/mol. The van der Waals surface area contributed by atoms with Crippen molar-refractivity contribution in [2.24, 2.45) is 0 Å². The van der Waals surface area contributed by atoms with Crippen molar-refractivity contribution in [3.8, 4) is 5.75 Å². The largest absolute Gasteiger partial charge is 0.497 e. The number of ether oxygens (including phenoxy) is 2. The van der Waals surface area contributed by atoms with E-state index in [0.717, 1.165) is 16.9 Å². The molecule has 0 N–H and O–H groups in total. The highest BCUT2D eigenvalue weighted by Gasteiger charge is 2.37. The predicted molar refractivity (Wildman–Crippen MR) is 114 cm³/mol. The van der Waals surface area contributed by atoms with Gasteiger partial charge in [0.05, 0.1) is 23.8 Å². The van der Waals surface area contributed by atoms with Crippen molar-refractivity contribution in [3.05, 3.63) is 62.1 Å². The van der Waals surface area contributed by atoms with E-state index < -0.39 is 16.6 Å². The Hall–Kier alpha value is -2.61. The van der Waals surface area contributed by atoms with E-state index in [1.807, 2.05) is 45.0 Å². The van der Waals surface area contributed by atoms with E-state index in [4.69, 9.17) is 9.47 Å². The molecule has 0 radical (unpaired) electrons. The van der Waals surface area contributed by atoms with Crippen LogP contribution in [0.3, 0.4) is 0 Å². The van der Waals surface area contributed by atoms with Crippen LogP contribution < -0.4 is 9.64 Å². The predicted octanol–water partition coefficient (Wildman–Crippen LogP) is 5.79. The summed E-state index contributed by atoms with van der Waals surface area (Å²) in [4.78, 5) is 25.6. The van der Waals surface area contributed by atoms with Gasteiger partial charge < -0.3 is 9.47 Å². The van der Waals surface area contributed by atoms with Gasteiger partial charge in [-0.25, -0.2) is 4.79 Å². The number of nitrogens with zero attached hydrogens (tertiary/aromatic N) is 2. The average Bonchev–Trinajstić information content (AvgIpc) is 2.65. The number of rotatable bonds is 3.